The third-order valence-electron chi connectivity index (χ3n) is 5.95. The maximum atomic E-state index is 12.7. The highest BCUT2D eigenvalue weighted by atomic mass is 16.2. The van der Waals surface area contributed by atoms with Crippen LogP contribution < -0.4 is 10.6 Å². The lowest BCUT2D eigenvalue weighted by atomic mass is 9.97. The molecule has 146 valence electrons. The Morgan fingerprint density at radius 2 is 2.04 bits per heavy atom. The van der Waals surface area contributed by atoms with Gasteiger partial charge in [0.1, 0.15) is 11.2 Å². The Morgan fingerprint density at radius 3 is 2.67 bits per heavy atom. The summed E-state index contributed by atoms with van der Waals surface area (Å²) in [5, 5.41) is 15.1. The van der Waals surface area contributed by atoms with Crippen molar-refractivity contribution >= 4 is 11.8 Å². The molecule has 2 N–H and O–H groups in total. The molecule has 7 heteroatoms. The number of piperidine rings is 1. The largest absolute Gasteiger partial charge is 0.354 e. The predicted octanol–water partition coefficient (Wildman–Crippen LogP) is 1.72. The molecular formula is C20H29N5O2. The molecular weight excluding hydrogens is 342 g/mol. The third kappa shape index (κ3) is 4.01. The van der Waals surface area contributed by atoms with Crippen LogP contribution in [0.25, 0.3) is 0 Å². The van der Waals surface area contributed by atoms with E-state index in [2.05, 4.69) is 21.6 Å². The fraction of sp³-hybridized carbons (Fsp3) is 0.650. The van der Waals surface area contributed by atoms with Gasteiger partial charge >= 0.3 is 0 Å². The Bertz CT molecular complexity index is 761. The van der Waals surface area contributed by atoms with Crippen molar-refractivity contribution in [2.75, 3.05) is 20.1 Å². The molecule has 0 radical (unpaired) electrons. The van der Waals surface area contributed by atoms with Crippen molar-refractivity contribution in [2.24, 2.45) is 13.0 Å². The monoisotopic (exact) mass is 371 g/mol. The Morgan fingerprint density at radius 1 is 1.30 bits per heavy atom. The maximum Gasteiger partial charge on any atom is 0.267 e. The van der Waals surface area contributed by atoms with Crippen LogP contribution in [-0.4, -0.2) is 47.0 Å². The number of nitrogens with zero attached hydrogens (tertiary/aromatic N) is 3. The number of nitrogens with one attached hydrogen (secondary N) is 2. The van der Waals surface area contributed by atoms with Gasteiger partial charge in [0.2, 0.25) is 5.91 Å². The molecule has 1 aliphatic carbocycles. The first-order chi connectivity index (χ1) is 12.9. The van der Waals surface area contributed by atoms with Gasteiger partial charge in [-0.2, -0.15) is 5.26 Å². The van der Waals surface area contributed by atoms with Gasteiger partial charge in [-0.05, 0) is 57.2 Å². The summed E-state index contributed by atoms with van der Waals surface area (Å²) in [5.41, 5.74) is 0.902. The lowest BCUT2D eigenvalue weighted by Crippen LogP contribution is -2.51. The second-order valence-corrected chi connectivity index (χ2v) is 7.90. The molecule has 2 aliphatic rings. The van der Waals surface area contributed by atoms with Crippen LogP contribution in [0.2, 0.25) is 0 Å². The molecule has 0 bridgehead atoms. The zero-order valence-electron chi connectivity index (χ0n) is 16.4. The van der Waals surface area contributed by atoms with Gasteiger partial charge in [0.15, 0.2) is 0 Å². The van der Waals surface area contributed by atoms with E-state index in [1.165, 1.54) is 0 Å². The highest BCUT2D eigenvalue weighted by Gasteiger charge is 2.43. The summed E-state index contributed by atoms with van der Waals surface area (Å²) in [6.45, 7) is 2.93. The first-order valence-corrected chi connectivity index (χ1v) is 9.73. The molecule has 27 heavy (non-hydrogen) atoms. The average molecular weight is 371 g/mol. The van der Waals surface area contributed by atoms with E-state index >= 15 is 0 Å². The average Bonchev–Trinajstić information content (AvgIpc) is 3.45. The summed E-state index contributed by atoms with van der Waals surface area (Å²) in [6.07, 6.45) is 5.11. The zero-order valence-corrected chi connectivity index (χ0v) is 16.4. The molecule has 0 spiro atoms. The van der Waals surface area contributed by atoms with Crippen molar-refractivity contribution in [1.82, 2.24) is 20.1 Å². The van der Waals surface area contributed by atoms with Crippen LogP contribution in [-0.2, 0) is 11.8 Å². The van der Waals surface area contributed by atoms with Crippen molar-refractivity contribution in [2.45, 2.75) is 50.6 Å². The van der Waals surface area contributed by atoms with Crippen LogP contribution in [0.3, 0.4) is 0 Å². The normalized spacial score (nSPS) is 22.5. The molecule has 2 amide bonds. The molecule has 3 rings (SSSR count). The summed E-state index contributed by atoms with van der Waals surface area (Å²) in [5.74, 6) is 0.0586. The molecule has 7 nitrogen and oxygen atoms in total. The van der Waals surface area contributed by atoms with Crippen molar-refractivity contribution in [3.63, 3.8) is 0 Å². The molecule has 0 unspecified atom stereocenters. The number of hydrogen-bond donors (Lipinski definition) is 2. The van der Waals surface area contributed by atoms with Gasteiger partial charge in [-0.1, -0.05) is 6.42 Å². The van der Waals surface area contributed by atoms with Gasteiger partial charge < -0.3 is 15.2 Å². The molecule has 2 heterocycles. The number of amides is 2. The van der Waals surface area contributed by atoms with E-state index in [1.54, 1.807) is 7.05 Å². The van der Waals surface area contributed by atoms with Crippen molar-refractivity contribution in [3.05, 3.63) is 23.5 Å². The third-order valence-corrected chi connectivity index (χ3v) is 5.95. The minimum Gasteiger partial charge on any atom is -0.354 e. The van der Waals surface area contributed by atoms with Crippen LogP contribution in [0.1, 0.15) is 61.3 Å². The molecule has 2 fully saturated rings. The summed E-state index contributed by atoms with van der Waals surface area (Å²) < 4.78 is 1.92. The van der Waals surface area contributed by atoms with Gasteiger partial charge in [-0.15, -0.1) is 0 Å². The number of carbonyl (C=O) groups is 2. The van der Waals surface area contributed by atoms with Crippen LogP contribution in [0.5, 0.6) is 0 Å². The fourth-order valence-electron chi connectivity index (χ4n) is 4.13. The van der Waals surface area contributed by atoms with E-state index in [4.69, 9.17) is 0 Å². The first kappa shape index (κ1) is 19.4. The van der Waals surface area contributed by atoms with Gasteiger partial charge in [0, 0.05) is 19.8 Å². The minimum atomic E-state index is -0.764. The molecule has 1 saturated heterocycles. The van der Waals surface area contributed by atoms with E-state index in [0.29, 0.717) is 5.69 Å². The smallest absolute Gasteiger partial charge is 0.267 e. The van der Waals surface area contributed by atoms with Crippen LogP contribution in [0.4, 0.5) is 0 Å². The first-order valence-electron chi connectivity index (χ1n) is 9.73. The SMILES string of the molecule is CNC(=O)c1ccc([C@H]2CCCCN2CC(=O)N[C@@](C)(C#N)C2CC2)n1C. The Kier molecular flexibility index (Phi) is 5.56. The lowest BCUT2D eigenvalue weighted by molar-refractivity contribution is -0.124. The highest BCUT2D eigenvalue weighted by Crippen LogP contribution is 2.39. The van der Waals surface area contributed by atoms with E-state index < -0.39 is 5.54 Å². The maximum absolute atomic E-state index is 12.7. The number of carbonyl (C=O) groups excluding carboxylic acids is 2. The second-order valence-electron chi connectivity index (χ2n) is 7.90. The highest BCUT2D eigenvalue weighted by molar-refractivity contribution is 5.92. The molecule has 1 aromatic heterocycles. The zero-order chi connectivity index (χ0) is 19.6. The lowest BCUT2D eigenvalue weighted by Gasteiger charge is -2.36. The van der Waals surface area contributed by atoms with Crippen molar-refractivity contribution in [3.8, 4) is 6.07 Å². The van der Waals surface area contributed by atoms with Gasteiger partial charge in [0.05, 0.1) is 18.7 Å². The fourth-order valence-corrected chi connectivity index (χ4v) is 4.13. The molecule has 1 aliphatic heterocycles. The van der Waals surface area contributed by atoms with Crippen LogP contribution in [0, 0.1) is 17.2 Å². The Balaban J connectivity index is 1.72. The van der Waals surface area contributed by atoms with E-state index in [9.17, 15) is 14.9 Å². The second kappa shape index (κ2) is 7.73. The molecule has 1 saturated carbocycles. The molecule has 2 atom stereocenters. The minimum absolute atomic E-state index is 0.0985. The summed E-state index contributed by atoms with van der Waals surface area (Å²) in [6, 6.07) is 6.20. The quantitative estimate of drug-likeness (QED) is 0.797. The predicted molar refractivity (Wildman–Crippen MR) is 102 cm³/mol. The van der Waals surface area contributed by atoms with E-state index in [1.807, 2.05) is 30.7 Å². The van der Waals surface area contributed by atoms with Crippen molar-refractivity contribution < 1.29 is 9.59 Å². The van der Waals surface area contributed by atoms with E-state index in [0.717, 1.165) is 44.3 Å². The Labute approximate surface area is 160 Å². The summed E-state index contributed by atoms with van der Waals surface area (Å²) in [7, 11) is 3.52. The number of likely N-dealkylation sites (tertiary alicyclic amines) is 1. The number of rotatable bonds is 6. The van der Waals surface area contributed by atoms with Gasteiger partial charge in [0.25, 0.3) is 5.91 Å². The van der Waals surface area contributed by atoms with Crippen molar-refractivity contribution in [1.29, 1.82) is 5.26 Å². The van der Waals surface area contributed by atoms with Gasteiger partial charge in [-0.3, -0.25) is 14.5 Å². The number of nitriles is 1. The molecule has 1 aromatic rings. The molecule has 0 aromatic carbocycles. The number of hydrogen-bond acceptors (Lipinski definition) is 4. The Hall–Kier alpha value is -2.33. The van der Waals surface area contributed by atoms with Crippen LogP contribution in [0.15, 0.2) is 12.1 Å². The van der Waals surface area contributed by atoms with Crippen LogP contribution >= 0.6 is 0 Å². The summed E-state index contributed by atoms with van der Waals surface area (Å²) >= 11 is 0. The number of aromatic nitrogens is 1. The van der Waals surface area contributed by atoms with Gasteiger partial charge in [-0.25, -0.2) is 0 Å². The standard InChI is InChI=1S/C20H29N5O2/c1-20(13-21,14-7-8-14)23-18(26)12-25-11-5-4-6-16(25)15-9-10-17(24(15)3)19(27)22-2/h9-10,14,16H,4-8,11-12H2,1-3H3,(H,22,27)(H,23,26)/t16-,20+/m1/s1. The van der Waals surface area contributed by atoms with E-state index in [-0.39, 0.29) is 30.3 Å². The topological polar surface area (TPSA) is 90.2 Å². The summed E-state index contributed by atoms with van der Waals surface area (Å²) in [4.78, 5) is 26.8.